The van der Waals surface area contributed by atoms with Crippen molar-refractivity contribution < 1.29 is 4.74 Å². The first-order valence-electron chi connectivity index (χ1n) is 8.83. The van der Waals surface area contributed by atoms with Crippen LogP contribution in [0.3, 0.4) is 0 Å². The molecule has 0 radical (unpaired) electrons. The molecule has 4 heteroatoms. The van der Waals surface area contributed by atoms with E-state index in [4.69, 9.17) is 4.74 Å². The Kier molecular flexibility index (Phi) is 4.53. The predicted octanol–water partition coefficient (Wildman–Crippen LogP) is 4.45. The van der Waals surface area contributed by atoms with E-state index in [2.05, 4.69) is 40.4 Å². The fourth-order valence-electron chi connectivity index (χ4n) is 3.23. The minimum absolute atomic E-state index is 0.317. The third-order valence-electron chi connectivity index (χ3n) is 4.71. The van der Waals surface area contributed by atoms with Gasteiger partial charge in [0.2, 0.25) is 0 Å². The number of nitrogens with zero attached hydrogens (tertiary/aromatic N) is 2. The molecule has 2 aromatic carbocycles. The first kappa shape index (κ1) is 15.9. The Hall–Kier alpha value is -2.59. The lowest BCUT2D eigenvalue weighted by atomic mass is 10.1. The van der Waals surface area contributed by atoms with E-state index < -0.39 is 0 Å². The van der Waals surface area contributed by atoms with Crippen LogP contribution in [-0.4, -0.2) is 36.1 Å². The van der Waals surface area contributed by atoms with Crippen LogP contribution in [0, 0.1) is 0 Å². The van der Waals surface area contributed by atoms with Gasteiger partial charge in [-0.25, -0.2) is 4.98 Å². The van der Waals surface area contributed by atoms with E-state index in [1.807, 2.05) is 42.6 Å². The summed E-state index contributed by atoms with van der Waals surface area (Å²) in [5.74, 6) is 1.79. The lowest BCUT2D eigenvalue weighted by Crippen LogP contribution is -2.35. The van der Waals surface area contributed by atoms with E-state index in [9.17, 15) is 0 Å². The summed E-state index contributed by atoms with van der Waals surface area (Å²) < 4.78 is 6.20. The Morgan fingerprint density at radius 2 is 1.80 bits per heavy atom. The number of ether oxygens (including phenoxy) is 1. The van der Waals surface area contributed by atoms with Crippen molar-refractivity contribution in [2.24, 2.45) is 0 Å². The minimum Gasteiger partial charge on any atom is -0.490 e. The molecule has 0 saturated carbocycles. The summed E-state index contributed by atoms with van der Waals surface area (Å²) in [6.07, 6.45) is 4.40. The molecule has 2 heterocycles. The highest BCUT2D eigenvalue weighted by molar-refractivity contribution is 5.85. The topological polar surface area (TPSA) is 37.4 Å². The molecule has 0 amide bonds. The van der Waals surface area contributed by atoms with Gasteiger partial charge in [-0.3, -0.25) is 0 Å². The Morgan fingerprint density at radius 3 is 2.60 bits per heavy atom. The summed E-state index contributed by atoms with van der Waals surface area (Å²) >= 11 is 0. The zero-order valence-electron chi connectivity index (χ0n) is 14.5. The molecule has 4 rings (SSSR count). The average Bonchev–Trinajstić information content (AvgIpc) is 2.64. The third kappa shape index (κ3) is 3.91. The normalized spacial score (nSPS) is 16.0. The van der Waals surface area contributed by atoms with Crippen molar-refractivity contribution in [1.82, 2.24) is 9.88 Å². The van der Waals surface area contributed by atoms with Gasteiger partial charge in [0.25, 0.3) is 0 Å². The molecule has 1 aromatic heterocycles. The molecule has 0 spiro atoms. The average molecular weight is 333 g/mol. The number of anilines is 2. The molecule has 0 aliphatic carbocycles. The standard InChI is InChI=1S/C21H23N3O/c1-24-11-9-19(10-12-24)25-20-8-7-16-15-22-21(14-17(16)13-20)23-18-5-3-2-4-6-18/h2-8,13-15,19H,9-12H2,1H3,(H,22,23). The Morgan fingerprint density at radius 1 is 1.00 bits per heavy atom. The highest BCUT2D eigenvalue weighted by Gasteiger charge is 2.18. The van der Waals surface area contributed by atoms with Gasteiger partial charge in [0.05, 0.1) is 0 Å². The first-order chi connectivity index (χ1) is 12.3. The number of piperidine rings is 1. The van der Waals surface area contributed by atoms with Gasteiger partial charge in [-0.15, -0.1) is 0 Å². The van der Waals surface area contributed by atoms with Crippen LogP contribution in [0.5, 0.6) is 5.75 Å². The van der Waals surface area contributed by atoms with E-state index in [0.29, 0.717) is 6.10 Å². The van der Waals surface area contributed by atoms with E-state index in [-0.39, 0.29) is 0 Å². The largest absolute Gasteiger partial charge is 0.490 e. The summed E-state index contributed by atoms with van der Waals surface area (Å²) in [4.78, 5) is 6.85. The van der Waals surface area contributed by atoms with Crippen LogP contribution in [0.4, 0.5) is 11.5 Å². The summed E-state index contributed by atoms with van der Waals surface area (Å²) in [5.41, 5.74) is 1.04. The molecule has 3 aromatic rings. The molecule has 1 fully saturated rings. The third-order valence-corrected chi connectivity index (χ3v) is 4.71. The zero-order chi connectivity index (χ0) is 17.1. The van der Waals surface area contributed by atoms with Gasteiger partial charge >= 0.3 is 0 Å². The number of benzene rings is 2. The van der Waals surface area contributed by atoms with Gasteiger partial charge < -0.3 is 15.0 Å². The lowest BCUT2D eigenvalue weighted by molar-refractivity contribution is 0.114. The summed E-state index contributed by atoms with van der Waals surface area (Å²) in [6, 6.07) is 18.4. The van der Waals surface area contributed by atoms with Crippen molar-refractivity contribution in [2.75, 3.05) is 25.5 Å². The monoisotopic (exact) mass is 333 g/mol. The van der Waals surface area contributed by atoms with E-state index in [1.165, 1.54) is 0 Å². The maximum absolute atomic E-state index is 6.20. The fourth-order valence-corrected chi connectivity index (χ4v) is 3.23. The second-order valence-corrected chi connectivity index (χ2v) is 6.69. The van der Waals surface area contributed by atoms with E-state index in [0.717, 1.165) is 54.0 Å². The number of aromatic nitrogens is 1. The molecular formula is C21H23N3O. The van der Waals surface area contributed by atoms with E-state index in [1.54, 1.807) is 0 Å². The first-order valence-corrected chi connectivity index (χ1v) is 8.83. The molecule has 1 N–H and O–H groups in total. The number of fused-ring (bicyclic) bond motifs is 1. The minimum atomic E-state index is 0.317. The molecule has 1 aliphatic heterocycles. The molecule has 0 atom stereocenters. The highest BCUT2D eigenvalue weighted by atomic mass is 16.5. The number of rotatable bonds is 4. The second-order valence-electron chi connectivity index (χ2n) is 6.69. The molecule has 1 aliphatic rings. The summed E-state index contributed by atoms with van der Waals surface area (Å²) in [6.45, 7) is 2.21. The number of hydrogen-bond donors (Lipinski definition) is 1. The maximum Gasteiger partial charge on any atom is 0.130 e. The summed E-state index contributed by atoms with van der Waals surface area (Å²) in [5, 5.41) is 5.60. The fraction of sp³-hybridized carbons (Fsp3) is 0.286. The Bertz CT molecular complexity index is 842. The van der Waals surface area contributed by atoms with Gasteiger partial charge in [0.15, 0.2) is 0 Å². The Labute approximate surface area is 148 Å². The van der Waals surface area contributed by atoms with Crippen LogP contribution in [0.25, 0.3) is 10.8 Å². The molecule has 25 heavy (non-hydrogen) atoms. The van der Waals surface area contributed by atoms with Crippen molar-refractivity contribution >= 4 is 22.3 Å². The van der Waals surface area contributed by atoms with Gasteiger partial charge in [-0.1, -0.05) is 18.2 Å². The van der Waals surface area contributed by atoms with Gasteiger partial charge in [0, 0.05) is 30.4 Å². The number of likely N-dealkylation sites (tertiary alicyclic amines) is 1. The maximum atomic E-state index is 6.20. The lowest BCUT2D eigenvalue weighted by Gasteiger charge is -2.29. The molecule has 1 saturated heterocycles. The van der Waals surface area contributed by atoms with Crippen LogP contribution in [0.2, 0.25) is 0 Å². The van der Waals surface area contributed by atoms with Crippen LogP contribution in [-0.2, 0) is 0 Å². The van der Waals surface area contributed by atoms with Crippen LogP contribution in [0.15, 0.2) is 60.8 Å². The van der Waals surface area contributed by atoms with Crippen molar-refractivity contribution in [1.29, 1.82) is 0 Å². The highest BCUT2D eigenvalue weighted by Crippen LogP contribution is 2.26. The SMILES string of the molecule is CN1CCC(Oc2ccc3cnc(Nc4ccccc4)cc3c2)CC1. The van der Waals surface area contributed by atoms with Crippen molar-refractivity contribution in [3.05, 3.63) is 60.8 Å². The van der Waals surface area contributed by atoms with E-state index >= 15 is 0 Å². The van der Waals surface area contributed by atoms with Crippen molar-refractivity contribution in [3.63, 3.8) is 0 Å². The van der Waals surface area contributed by atoms with Crippen molar-refractivity contribution in [3.8, 4) is 5.75 Å². The van der Waals surface area contributed by atoms with Crippen LogP contribution < -0.4 is 10.1 Å². The molecule has 4 nitrogen and oxygen atoms in total. The molecule has 128 valence electrons. The Balaban J connectivity index is 1.52. The number of nitrogens with one attached hydrogen (secondary N) is 1. The van der Waals surface area contributed by atoms with Gasteiger partial charge in [-0.05, 0) is 61.7 Å². The molecular weight excluding hydrogens is 310 g/mol. The van der Waals surface area contributed by atoms with Gasteiger partial charge in [-0.2, -0.15) is 0 Å². The zero-order valence-corrected chi connectivity index (χ0v) is 14.5. The number of pyridine rings is 1. The molecule has 0 unspecified atom stereocenters. The second kappa shape index (κ2) is 7.11. The summed E-state index contributed by atoms with van der Waals surface area (Å²) in [7, 11) is 2.17. The number of para-hydroxylation sites is 1. The smallest absolute Gasteiger partial charge is 0.130 e. The van der Waals surface area contributed by atoms with Crippen LogP contribution in [0.1, 0.15) is 12.8 Å². The van der Waals surface area contributed by atoms with Gasteiger partial charge in [0.1, 0.15) is 17.7 Å². The predicted molar refractivity (Wildman–Crippen MR) is 103 cm³/mol. The molecule has 0 bridgehead atoms. The van der Waals surface area contributed by atoms with Crippen molar-refractivity contribution in [2.45, 2.75) is 18.9 Å². The quantitative estimate of drug-likeness (QED) is 0.765. The van der Waals surface area contributed by atoms with Crippen LogP contribution >= 0.6 is 0 Å². The number of hydrogen-bond acceptors (Lipinski definition) is 4.